The lowest BCUT2D eigenvalue weighted by atomic mass is 10.1. The zero-order valence-electron chi connectivity index (χ0n) is 5.90. The van der Waals surface area contributed by atoms with Gasteiger partial charge in [0.05, 0.1) is 0 Å². The molecule has 1 saturated carbocycles. The summed E-state index contributed by atoms with van der Waals surface area (Å²) in [5, 5.41) is 0. The van der Waals surface area contributed by atoms with Gasteiger partial charge in [-0.05, 0) is 17.8 Å². The second-order valence-electron chi connectivity index (χ2n) is 3.09. The van der Waals surface area contributed by atoms with E-state index in [1.807, 2.05) is 0 Å². The molecule has 1 fully saturated rings. The molecule has 1 rings (SSSR count). The molecule has 1 aliphatic carbocycles. The summed E-state index contributed by atoms with van der Waals surface area (Å²) >= 11 is 0. The van der Waals surface area contributed by atoms with Crippen molar-refractivity contribution in [3.63, 3.8) is 0 Å². The van der Waals surface area contributed by atoms with Gasteiger partial charge in [0.2, 0.25) is 0 Å². The topological polar surface area (TPSA) is 35.0 Å². The molecule has 1 nitrogen and oxygen atoms in total. The first-order chi connectivity index (χ1) is 2.63. The maximum atomic E-state index is 2.32. The van der Waals surface area contributed by atoms with Crippen LogP contribution >= 0.6 is 12.4 Å². The molecule has 0 bridgehead atoms. The predicted molar refractivity (Wildman–Crippen MR) is 39.8 cm³/mol. The molecule has 0 spiro atoms. The normalized spacial score (nSPS) is 29.6. The van der Waals surface area contributed by atoms with Crippen LogP contribution in [0.25, 0.3) is 0 Å². The molecule has 3 N–H and O–H groups in total. The zero-order chi connectivity index (χ0) is 4.78. The van der Waals surface area contributed by atoms with Crippen molar-refractivity contribution in [1.82, 2.24) is 6.15 Å². The van der Waals surface area contributed by atoms with Crippen LogP contribution in [0.2, 0.25) is 0 Å². The Bertz CT molecular complexity index is 70.9. The van der Waals surface area contributed by atoms with E-state index in [9.17, 15) is 0 Å². The Morgan fingerprint density at radius 3 is 1.50 bits per heavy atom. The fourth-order valence-corrected chi connectivity index (χ4v) is 0.730. The van der Waals surface area contributed by atoms with E-state index in [4.69, 9.17) is 0 Å². The van der Waals surface area contributed by atoms with E-state index >= 15 is 0 Å². The van der Waals surface area contributed by atoms with Gasteiger partial charge in [-0.25, -0.2) is 0 Å². The van der Waals surface area contributed by atoms with Crippen molar-refractivity contribution in [3.8, 4) is 0 Å². The lowest BCUT2D eigenvalue weighted by molar-refractivity contribution is 0.586. The van der Waals surface area contributed by atoms with Crippen molar-refractivity contribution in [1.29, 1.82) is 0 Å². The number of hydrogen-bond acceptors (Lipinski definition) is 1. The van der Waals surface area contributed by atoms with Gasteiger partial charge < -0.3 is 6.15 Å². The summed E-state index contributed by atoms with van der Waals surface area (Å²) in [5.41, 5.74) is 0.708. The average Bonchev–Trinajstić information content (AvgIpc) is 1.73. The van der Waals surface area contributed by atoms with E-state index in [1.165, 1.54) is 6.42 Å². The lowest BCUT2D eigenvalue weighted by Crippen LogP contribution is -1.82. The third-order valence-corrected chi connectivity index (χ3v) is 2.01. The van der Waals surface area contributed by atoms with Crippen LogP contribution in [-0.4, -0.2) is 0 Å². The van der Waals surface area contributed by atoms with E-state index in [-0.39, 0.29) is 18.6 Å². The highest BCUT2D eigenvalue weighted by Gasteiger charge is 2.41. The van der Waals surface area contributed by atoms with Gasteiger partial charge in [-0.15, -0.1) is 12.4 Å². The molecule has 52 valence electrons. The third kappa shape index (κ3) is 2.01. The molecule has 2 heteroatoms. The first-order valence-corrected chi connectivity index (χ1v) is 2.63. The summed E-state index contributed by atoms with van der Waals surface area (Å²) < 4.78 is 0. The SMILES string of the molecule is CC1CC1(C)C.Cl.N. The Morgan fingerprint density at radius 2 is 1.50 bits per heavy atom. The predicted octanol–water partition coefficient (Wildman–Crippen LogP) is 2.64. The Labute approximate surface area is 57.8 Å². The molecule has 0 radical (unpaired) electrons. The Balaban J connectivity index is 0. The summed E-state index contributed by atoms with van der Waals surface area (Å²) in [5.74, 6) is 0.998. The Kier molecular flexibility index (Phi) is 3.74. The molecule has 8 heavy (non-hydrogen) atoms. The summed E-state index contributed by atoms with van der Waals surface area (Å²) in [6, 6.07) is 0. The van der Waals surface area contributed by atoms with Crippen molar-refractivity contribution < 1.29 is 0 Å². The van der Waals surface area contributed by atoms with Gasteiger partial charge in [0.1, 0.15) is 0 Å². The molecule has 0 amide bonds. The molecule has 0 aromatic rings. The highest BCUT2D eigenvalue weighted by Crippen LogP contribution is 2.50. The van der Waals surface area contributed by atoms with Crippen molar-refractivity contribution in [2.45, 2.75) is 27.2 Å². The maximum absolute atomic E-state index is 2.32. The maximum Gasteiger partial charge on any atom is -0.0326 e. The second kappa shape index (κ2) is 2.70. The van der Waals surface area contributed by atoms with Gasteiger partial charge in [0.25, 0.3) is 0 Å². The van der Waals surface area contributed by atoms with Gasteiger partial charge in [-0.1, -0.05) is 20.8 Å². The molecule has 0 aromatic carbocycles. The number of hydrogen-bond donors (Lipinski definition) is 1. The van der Waals surface area contributed by atoms with Gasteiger partial charge in [0.15, 0.2) is 0 Å². The highest BCUT2D eigenvalue weighted by atomic mass is 35.5. The van der Waals surface area contributed by atoms with Crippen LogP contribution in [0.15, 0.2) is 0 Å². The molecular formula is C6H16ClN. The van der Waals surface area contributed by atoms with Crippen LogP contribution in [0.5, 0.6) is 0 Å². The molecule has 0 aromatic heterocycles. The second-order valence-corrected chi connectivity index (χ2v) is 3.09. The van der Waals surface area contributed by atoms with Crippen molar-refractivity contribution in [3.05, 3.63) is 0 Å². The summed E-state index contributed by atoms with van der Waals surface area (Å²) in [4.78, 5) is 0. The van der Waals surface area contributed by atoms with Crippen LogP contribution in [0.4, 0.5) is 0 Å². The minimum atomic E-state index is 0. The van der Waals surface area contributed by atoms with E-state index in [0.717, 1.165) is 5.92 Å². The monoisotopic (exact) mass is 137 g/mol. The highest BCUT2D eigenvalue weighted by molar-refractivity contribution is 5.85. The number of halogens is 1. The van der Waals surface area contributed by atoms with E-state index in [1.54, 1.807) is 0 Å². The van der Waals surface area contributed by atoms with Gasteiger partial charge in [-0.2, -0.15) is 0 Å². The molecule has 0 saturated heterocycles. The van der Waals surface area contributed by atoms with E-state index in [2.05, 4.69) is 20.8 Å². The quantitative estimate of drug-likeness (QED) is 0.548. The van der Waals surface area contributed by atoms with Crippen LogP contribution in [0.3, 0.4) is 0 Å². The van der Waals surface area contributed by atoms with Gasteiger partial charge in [-0.3, -0.25) is 0 Å². The fourth-order valence-electron chi connectivity index (χ4n) is 0.730. The largest absolute Gasteiger partial charge is 0.344 e. The summed E-state index contributed by atoms with van der Waals surface area (Å²) in [6.07, 6.45) is 1.44. The lowest BCUT2D eigenvalue weighted by Gasteiger charge is -1.91. The molecule has 1 unspecified atom stereocenters. The first kappa shape index (κ1) is 11.1. The molecule has 1 atom stereocenters. The van der Waals surface area contributed by atoms with Gasteiger partial charge >= 0.3 is 0 Å². The first-order valence-electron chi connectivity index (χ1n) is 2.63. The average molecular weight is 138 g/mol. The minimum Gasteiger partial charge on any atom is -0.344 e. The minimum absolute atomic E-state index is 0. The van der Waals surface area contributed by atoms with Crippen LogP contribution in [0.1, 0.15) is 27.2 Å². The summed E-state index contributed by atoms with van der Waals surface area (Å²) in [7, 11) is 0. The van der Waals surface area contributed by atoms with E-state index in [0.29, 0.717) is 5.41 Å². The van der Waals surface area contributed by atoms with E-state index < -0.39 is 0 Å². The Hall–Kier alpha value is 0.250. The zero-order valence-corrected chi connectivity index (χ0v) is 6.72. The number of rotatable bonds is 0. The fraction of sp³-hybridized carbons (Fsp3) is 1.00. The van der Waals surface area contributed by atoms with Crippen molar-refractivity contribution in [2.75, 3.05) is 0 Å². The third-order valence-electron chi connectivity index (χ3n) is 2.01. The molecule has 0 heterocycles. The standard InChI is InChI=1S/C6H12.ClH.H3N/c1-5-4-6(5,2)3;;/h5H,4H2,1-3H3;1H;1H3. The smallest absolute Gasteiger partial charge is 0.0326 e. The van der Waals surface area contributed by atoms with Crippen LogP contribution in [0, 0.1) is 11.3 Å². The molecular weight excluding hydrogens is 122 g/mol. The van der Waals surface area contributed by atoms with Crippen molar-refractivity contribution >= 4 is 12.4 Å². The Morgan fingerprint density at radius 1 is 1.38 bits per heavy atom. The van der Waals surface area contributed by atoms with Gasteiger partial charge in [0, 0.05) is 0 Å². The van der Waals surface area contributed by atoms with Crippen molar-refractivity contribution in [2.24, 2.45) is 11.3 Å². The summed E-state index contributed by atoms with van der Waals surface area (Å²) in [6.45, 7) is 6.94. The van der Waals surface area contributed by atoms with Crippen LogP contribution < -0.4 is 6.15 Å². The van der Waals surface area contributed by atoms with Crippen LogP contribution in [-0.2, 0) is 0 Å². The molecule has 1 aliphatic rings. The molecule has 0 aliphatic heterocycles.